The van der Waals surface area contributed by atoms with E-state index in [1.165, 1.54) is 19.3 Å². The molecule has 1 atom stereocenters. The van der Waals surface area contributed by atoms with Crippen LogP contribution in [-0.4, -0.2) is 34.3 Å². The highest BCUT2D eigenvalue weighted by Crippen LogP contribution is 2.22. The first kappa shape index (κ1) is 12.3. The molecule has 4 heteroatoms. The summed E-state index contributed by atoms with van der Waals surface area (Å²) in [6, 6.07) is 2.27. The molecule has 1 aromatic heterocycles. The Morgan fingerprint density at radius 2 is 2.24 bits per heavy atom. The van der Waals surface area contributed by atoms with Gasteiger partial charge in [-0.1, -0.05) is 19.8 Å². The summed E-state index contributed by atoms with van der Waals surface area (Å²) in [5.41, 5.74) is 1.07. The van der Waals surface area contributed by atoms with Gasteiger partial charge in [0.1, 0.15) is 12.1 Å². The van der Waals surface area contributed by atoms with Gasteiger partial charge >= 0.3 is 0 Å². The van der Waals surface area contributed by atoms with E-state index in [1.807, 2.05) is 6.07 Å². The summed E-state index contributed by atoms with van der Waals surface area (Å²) in [6.07, 6.45) is 7.25. The molecule has 0 amide bonds. The molecule has 0 spiro atoms. The van der Waals surface area contributed by atoms with Gasteiger partial charge in [0.15, 0.2) is 0 Å². The van der Waals surface area contributed by atoms with Crippen LogP contribution in [0.5, 0.6) is 0 Å². The van der Waals surface area contributed by atoms with Gasteiger partial charge in [-0.3, -0.25) is 0 Å². The predicted molar refractivity (Wildman–Crippen MR) is 68.1 cm³/mol. The molecular formula is C13H21N3O. The van der Waals surface area contributed by atoms with Gasteiger partial charge in [-0.25, -0.2) is 9.97 Å². The first-order chi connectivity index (χ1) is 8.35. The van der Waals surface area contributed by atoms with Crippen LogP contribution in [0.1, 0.15) is 38.3 Å². The van der Waals surface area contributed by atoms with Crippen LogP contribution in [0, 0.1) is 0 Å². The average molecular weight is 235 g/mol. The minimum atomic E-state index is 0.214. The van der Waals surface area contributed by atoms with Gasteiger partial charge in [0.2, 0.25) is 0 Å². The third-order valence-corrected chi connectivity index (χ3v) is 3.45. The van der Waals surface area contributed by atoms with Crippen LogP contribution < -0.4 is 4.90 Å². The van der Waals surface area contributed by atoms with Gasteiger partial charge < -0.3 is 10.0 Å². The topological polar surface area (TPSA) is 49.2 Å². The molecule has 4 nitrogen and oxygen atoms in total. The first-order valence-electron chi connectivity index (χ1n) is 6.53. The maximum atomic E-state index is 9.49. The van der Waals surface area contributed by atoms with Crippen LogP contribution in [0.15, 0.2) is 12.4 Å². The molecule has 1 N–H and O–H groups in total. The molecule has 0 aliphatic carbocycles. The van der Waals surface area contributed by atoms with E-state index in [4.69, 9.17) is 0 Å². The summed E-state index contributed by atoms with van der Waals surface area (Å²) < 4.78 is 0. The van der Waals surface area contributed by atoms with Crippen molar-refractivity contribution in [3.05, 3.63) is 18.1 Å². The van der Waals surface area contributed by atoms with Crippen molar-refractivity contribution in [1.29, 1.82) is 0 Å². The number of hydrogen-bond acceptors (Lipinski definition) is 4. The number of aliphatic hydroxyl groups is 1. The molecule has 1 unspecified atom stereocenters. The molecule has 0 saturated carbocycles. The van der Waals surface area contributed by atoms with Crippen LogP contribution in [-0.2, 0) is 6.42 Å². The summed E-state index contributed by atoms with van der Waals surface area (Å²) in [5, 5.41) is 9.49. The Balaban J connectivity index is 2.21. The lowest BCUT2D eigenvalue weighted by Crippen LogP contribution is -2.38. The fourth-order valence-electron chi connectivity index (χ4n) is 2.40. The Labute approximate surface area is 103 Å². The second kappa shape index (κ2) is 5.96. The van der Waals surface area contributed by atoms with Crippen LogP contribution >= 0.6 is 0 Å². The van der Waals surface area contributed by atoms with E-state index >= 15 is 0 Å². The smallest absolute Gasteiger partial charge is 0.132 e. The van der Waals surface area contributed by atoms with Crippen LogP contribution in [0.2, 0.25) is 0 Å². The Hall–Kier alpha value is -1.16. The summed E-state index contributed by atoms with van der Waals surface area (Å²) in [7, 11) is 0. The van der Waals surface area contributed by atoms with Crippen molar-refractivity contribution >= 4 is 5.82 Å². The van der Waals surface area contributed by atoms with Crippen LogP contribution in [0.3, 0.4) is 0 Å². The Kier molecular flexibility index (Phi) is 4.31. The van der Waals surface area contributed by atoms with E-state index in [9.17, 15) is 5.11 Å². The number of aliphatic hydroxyl groups excluding tert-OH is 1. The molecule has 1 fully saturated rings. The highest BCUT2D eigenvalue weighted by Gasteiger charge is 2.21. The third-order valence-electron chi connectivity index (χ3n) is 3.45. The Morgan fingerprint density at radius 1 is 1.35 bits per heavy atom. The van der Waals surface area contributed by atoms with Gasteiger partial charge in [0.25, 0.3) is 0 Å². The zero-order valence-corrected chi connectivity index (χ0v) is 10.5. The lowest BCUT2D eigenvalue weighted by molar-refractivity contribution is 0.254. The normalized spacial score (nSPS) is 21.3. The molecule has 1 saturated heterocycles. The minimum absolute atomic E-state index is 0.214. The fraction of sp³-hybridized carbons (Fsp3) is 0.692. The van der Waals surface area contributed by atoms with E-state index in [-0.39, 0.29) is 12.6 Å². The summed E-state index contributed by atoms with van der Waals surface area (Å²) in [5.74, 6) is 0.970. The average Bonchev–Trinajstić information content (AvgIpc) is 2.63. The van der Waals surface area contributed by atoms with Gasteiger partial charge in [-0.05, 0) is 19.3 Å². The van der Waals surface area contributed by atoms with Crippen molar-refractivity contribution in [1.82, 2.24) is 9.97 Å². The van der Waals surface area contributed by atoms with Crippen molar-refractivity contribution in [2.24, 2.45) is 0 Å². The fourth-order valence-corrected chi connectivity index (χ4v) is 2.40. The first-order valence-corrected chi connectivity index (χ1v) is 6.53. The van der Waals surface area contributed by atoms with Gasteiger partial charge in [-0.15, -0.1) is 0 Å². The van der Waals surface area contributed by atoms with Gasteiger partial charge in [0.05, 0.1) is 12.6 Å². The van der Waals surface area contributed by atoms with Gasteiger partial charge in [-0.2, -0.15) is 0 Å². The molecule has 0 radical (unpaired) electrons. The van der Waals surface area contributed by atoms with Crippen molar-refractivity contribution < 1.29 is 5.11 Å². The maximum absolute atomic E-state index is 9.49. The molecule has 17 heavy (non-hydrogen) atoms. The SMILES string of the molecule is CCc1cc(N2CCCCCC2CO)ncn1. The second-order valence-corrected chi connectivity index (χ2v) is 4.60. The zero-order valence-electron chi connectivity index (χ0n) is 10.5. The van der Waals surface area contributed by atoms with Crippen molar-refractivity contribution in [3.63, 3.8) is 0 Å². The monoisotopic (exact) mass is 235 g/mol. The zero-order chi connectivity index (χ0) is 12.1. The number of hydrogen-bond donors (Lipinski definition) is 1. The molecule has 1 aliphatic heterocycles. The maximum Gasteiger partial charge on any atom is 0.132 e. The standard InChI is InChI=1S/C13H21N3O/c1-2-11-8-13(15-10-14-11)16-7-5-3-4-6-12(16)9-17/h8,10,12,17H,2-7,9H2,1H3. The molecule has 94 valence electrons. The number of aryl methyl sites for hydroxylation is 1. The highest BCUT2D eigenvalue weighted by atomic mass is 16.3. The molecule has 0 bridgehead atoms. The van der Waals surface area contributed by atoms with Crippen molar-refractivity contribution in [2.45, 2.75) is 45.1 Å². The molecule has 1 aromatic rings. The molecule has 2 heterocycles. The van der Waals surface area contributed by atoms with Gasteiger partial charge in [0, 0.05) is 18.3 Å². The van der Waals surface area contributed by atoms with E-state index in [2.05, 4.69) is 21.8 Å². The highest BCUT2D eigenvalue weighted by molar-refractivity contribution is 5.40. The number of aromatic nitrogens is 2. The van der Waals surface area contributed by atoms with E-state index in [0.29, 0.717) is 0 Å². The molecule has 0 aromatic carbocycles. The number of nitrogens with zero attached hydrogens (tertiary/aromatic N) is 3. The quantitative estimate of drug-likeness (QED) is 0.867. The van der Waals surface area contributed by atoms with Crippen LogP contribution in [0.4, 0.5) is 5.82 Å². The summed E-state index contributed by atoms with van der Waals surface area (Å²) in [4.78, 5) is 10.8. The molecular weight excluding hydrogens is 214 g/mol. The predicted octanol–water partition coefficient (Wildman–Crippen LogP) is 1.78. The van der Waals surface area contributed by atoms with E-state index in [1.54, 1.807) is 6.33 Å². The summed E-state index contributed by atoms with van der Waals surface area (Å²) in [6.45, 7) is 3.30. The van der Waals surface area contributed by atoms with E-state index < -0.39 is 0 Å². The molecule has 2 rings (SSSR count). The molecule has 1 aliphatic rings. The van der Waals surface area contributed by atoms with E-state index in [0.717, 1.165) is 30.9 Å². The van der Waals surface area contributed by atoms with Crippen molar-refractivity contribution in [3.8, 4) is 0 Å². The number of anilines is 1. The second-order valence-electron chi connectivity index (χ2n) is 4.60. The summed E-state index contributed by atoms with van der Waals surface area (Å²) >= 11 is 0. The Bertz CT molecular complexity index is 356. The lowest BCUT2D eigenvalue weighted by Gasteiger charge is -2.29. The lowest BCUT2D eigenvalue weighted by atomic mass is 10.1. The Morgan fingerprint density at radius 3 is 3.00 bits per heavy atom. The minimum Gasteiger partial charge on any atom is -0.394 e. The van der Waals surface area contributed by atoms with Crippen molar-refractivity contribution in [2.75, 3.05) is 18.1 Å². The van der Waals surface area contributed by atoms with Crippen LogP contribution in [0.25, 0.3) is 0 Å². The number of rotatable bonds is 3. The third kappa shape index (κ3) is 2.94. The largest absolute Gasteiger partial charge is 0.394 e.